The molecular weight excluding hydrogens is 487 g/mol. The predicted octanol–water partition coefficient (Wildman–Crippen LogP) is 5.18. The van der Waals surface area contributed by atoms with Crippen LogP contribution in [-0.4, -0.2) is 49.4 Å². The first-order valence-corrected chi connectivity index (χ1v) is 14.2. The first-order chi connectivity index (χ1) is 17.8. The first kappa shape index (κ1) is 24.3. The van der Waals surface area contributed by atoms with E-state index in [2.05, 4.69) is 30.4 Å². The number of rotatable bonds is 7. The molecule has 0 unspecified atom stereocenters. The summed E-state index contributed by atoms with van der Waals surface area (Å²) in [7, 11) is -3.49. The summed E-state index contributed by atoms with van der Waals surface area (Å²) >= 11 is 0. The fourth-order valence-corrected chi connectivity index (χ4v) is 8.39. The van der Waals surface area contributed by atoms with Crippen LogP contribution in [0.15, 0.2) is 66.7 Å². The minimum atomic E-state index is -3.49. The van der Waals surface area contributed by atoms with Crippen molar-refractivity contribution in [2.24, 2.45) is 5.92 Å². The van der Waals surface area contributed by atoms with Crippen LogP contribution < -0.4 is 5.32 Å². The van der Waals surface area contributed by atoms with E-state index in [4.69, 9.17) is 5.41 Å². The molecule has 3 atom stereocenters. The highest BCUT2D eigenvalue weighted by atomic mass is 32.2. The number of hydrogen-bond acceptors (Lipinski definition) is 4. The molecule has 3 aromatic carbocycles. The largest absolute Gasteiger partial charge is 0.355 e. The highest BCUT2D eigenvalue weighted by molar-refractivity contribution is 7.86. The Labute approximate surface area is 217 Å². The van der Waals surface area contributed by atoms with Gasteiger partial charge in [-0.1, -0.05) is 30.3 Å². The van der Waals surface area contributed by atoms with Crippen LogP contribution in [0.4, 0.5) is 15.8 Å². The van der Waals surface area contributed by atoms with E-state index in [9.17, 15) is 12.8 Å². The number of anilines is 2. The topological polar surface area (TPSA) is 76.5 Å². The van der Waals surface area contributed by atoms with E-state index < -0.39 is 10.2 Å². The Hall–Kier alpha value is -3.07. The molecular formula is C29H31FN4O2S. The maximum absolute atomic E-state index is 13.5. The second kappa shape index (κ2) is 9.04. The van der Waals surface area contributed by atoms with E-state index in [-0.39, 0.29) is 23.1 Å². The Balaban J connectivity index is 1.39. The molecule has 2 heterocycles. The van der Waals surface area contributed by atoms with Gasteiger partial charge in [0.2, 0.25) is 0 Å². The van der Waals surface area contributed by atoms with Crippen molar-refractivity contribution < 1.29 is 12.8 Å². The number of nitrogens with zero attached hydrogens (tertiary/aromatic N) is 2. The van der Waals surface area contributed by atoms with Gasteiger partial charge >= 0.3 is 0 Å². The minimum absolute atomic E-state index is 0.181. The lowest BCUT2D eigenvalue weighted by Gasteiger charge is -2.29. The van der Waals surface area contributed by atoms with Crippen LogP contribution in [0, 0.1) is 24.1 Å². The summed E-state index contributed by atoms with van der Waals surface area (Å²) < 4.78 is 43.7. The Kier molecular flexibility index (Phi) is 5.93. The van der Waals surface area contributed by atoms with Gasteiger partial charge in [-0.2, -0.15) is 17.0 Å². The van der Waals surface area contributed by atoms with E-state index in [0.717, 1.165) is 40.9 Å². The summed E-state index contributed by atoms with van der Waals surface area (Å²) in [5, 5.41) is 11.4. The second-order valence-corrected chi connectivity index (χ2v) is 12.4. The Morgan fingerprint density at radius 2 is 1.73 bits per heavy atom. The van der Waals surface area contributed by atoms with Gasteiger partial charge in [0.15, 0.2) is 0 Å². The van der Waals surface area contributed by atoms with E-state index in [1.807, 2.05) is 24.3 Å². The van der Waals surface area contributed by atoms with Gasteiger partial charge in [0.25, 0.3) is 10.2 Å². The number of fused-ring (bicyclic) bond motifs is 1. The third kappa shape index (κ3) is 3.98. The number of piperidine rings is 1. The molecule has 3 aromatic rings. The molecule has 1 saturated carbocycles. The fourth-order valence-electron chi connectivity index (χ4n) is 6.62. The van der Waals surface area contributed by atoms with E-state index in [1.54, 1.807) is 20.7 Å². The van der Waals surface area contributed by atoms with Gasteiger partial charge in [0.05, 0.1) is 0 Å². The van der Waals surface area contributed by atoms with Crippen LogP contribution >= 0.6 is 0 Å². The molecule has 2 N–H and O–H groups in total. The van der Waals surface area contributed by atoms with E-state index >= 15 is 0 Å². The minimum Gasteiger partial charge on any atom is -0.355 e. The van der Waals surface area contributed by atoms with Crippen LogP contribution in [-0.2, 0) is 15.6 Å². The zero-order valence-corrected chi connectivity index (χ0v) is 21.6. The standard InChI is InChI=1S/C29H31FN4O2S/c1-20-15-27(32-24-11-9-23(30)10-12-24)22(17-31)16-25(20)29-19-34(37(35,36)33-13-5-6-14-33)18-26(29)28(29)21-7-3-2-4-8-21/h2-4,7-12,15-17,26,28,31-32H,5-6,13-14,18-19H2,1H3/t26-,28-,29+/m0/s1. The van der Waals surface area contributed by atoms with Crippen molar-refractivity contribution in [1.82, 2.24) is 8.61 Å². The number of benzene rings is 3. The average Bonchev–Trinajstić information content (AvgIpc) is 3.27. The van der Waals surface area contributed by atoms with Crippen molar-refractivity contribution in [2.75, 3.05) is 31.5 Å². The molecule has 0 amide bonds. The van der Waals surface area contributed by atoms with Crippen LogP contribution in [0.2, 0.25) is 0 Å². The highest BCUT2D eigenvalue weighted by Gasteiger charge is 2.71. The molecule has 192 valence electrons. The second-order valence-electron chi connectivity index (χ2n) is 10.5. The number of halogens is 1. The smallest absolute Gasteiger partial charge is 0.282 e. The molecule has 37 heavy (non-hydrogen) atoms. The van der Waals surface area contributed by atoms with Gasteiger partial charge in [0.1, 0.15) is 5.82 Å². The van der Waals surface area contributed by atoms with Crippen LogP contribution in [0.1, 0.15) is 41.0 Å². The van der Waals surface area contributed by atoms with Crippen molar-refractivity contribution in [2.45, 2.75) is 31.1 Å². The van der Waals surface area contributed by atoms with E-state index in [0.29, 0.717) is 26.2 Å². The Bertz CT molecular complexity index is 1440. The van der Waals surface area contributed by atoms with Gasteiger partial charge in [-0.3, -0.25) is 0 Å². The van der Waals surface area contributed by atoms with Crippen LogP contribution in [0.25, 0.3) is 0 Å². The maximum Gasteiger partial charge on any atom is 0.282 e. The molecule has 8 heteroatoms. The number of nitrogens with one attached hydrogen (secondary N) is 2. The van der Waals surface area contributed by atoms with Gasteiger partial charge in [-0.05, 0) is 78.8 Å². The van der Waals surface area contributed by atoms with Crippen molar-refractivity contribution in [3.63, 3.8) is 0 Å². The molecule has 0 spiro atoms. The molecule has 6 rings (SSSR count). The van der Waals surface area contributed by atoms with Crippen LogP contribution in [0.5, 0.6) is 0 Å². The monoisotopic (exact) mass is 518 g/mol. The number of aryl methyl sites for hydroxylation is 1. The van der Waals surface area contributed by atoms with Gasteiger partial charge in [-0.25, -0.2) is 4.39 Å². The Morgan fingerprint density at radius 1 is 1.03 bits per heavy atom. The number of hydrogen-bond donors (Lipinski definition) is 2. The van der Waals surface area contributed by atoms with Crippen molar-refractivity contribution in [1.29, 1.82) is 5.41 Å². The third-order valence-electron chi connectivity index (χ3n) is 8.40. The van der Waals surface area contributed by atoms with Crippen molar-refractivity contribution >= 4 is 27.8 Å². The summed E-state index contributed by atoms with van der Waals surface area (Å²) in [6.07, 6.45) is 3.16. The molecule has 1 aliphatic carbocycles. The molecule has 3 aliphatic rings. The zero-order chi connectivity index (χ0) is 25.8. The molecule has 0 radical (unpaired) electrons. The summed E-state index contributed by atoms with van der Waals surface area (Å²) in [4.78, 5) is 0. The lowest BCUT2D eigenvalue weighted by atomic mass is 9.86. The molecule has 2 saturated heterocycles. The first-order valence-electron chi connectivity index (χ1n) is 12.8. The highest BCUT2D eigenvalue weighted by Crippen LogP contribution is 2.70. The van der Waals surface area contributed by atoms with Gasteiger partial charge in [-0.15, -0.1) is 0 Å². The normalized spacial score (nSPS) is 25.7. The predicted molar refractivity (Wildman–Crippen MR) is 144 cm³/mol. The molecule has 0 bridgehead atoms. The van der Waals surface area contributed by atoms with Crippen LogP contribution in [0.3, 0.4) is 0 Å². The lowest BCUT2D eigenvalue weighted by molar-refractivity contribution is 0.368. The summed E-state index contributed by atoms with van der Waals surface area (Å²) in [5.41, 5.74) is 5.29. The zero-order valence-electron chi connectivity index (χ0n) is 20.8. The molecule has 6 nitrogen and oxygen atoms in total. The van der Waals surface area contributed by atoms with Gasteiger partial charge < -0.3 is 10.7 Å². The van der Waals surface area contributed by atoms with Crippen molar-refractivity contribution in [3.8, 4) is 0 Å². The third-order valence-corrected chi connectivity index (χ3v) is 10.3. The summed E-state index contributed by atoms with van der Waals surface area (Å²) in [6, 6.07) is 20.6. The Morgan fingerprint density at radius 3 is 2.41 bits per heavy atom. The van der Waals surface area contributed by atoms with E-state index in [1.165, 1.54) is 23.9 Å². The fraction of sp³-hybridized carbons (Fsp3) is 0.345. The quantitative estimate of drug-likeness (QED) is 0.423. The lowest BCUT2D eigenvalue weighted by Crippen LogP contribution is -2.43. The average molecular weight is 519 g/mol. The molecule has 0 aromatic heterocycles. The molecule has 2 aliphatic heterocycles. The van der Waals surface area contributed by atoms with Crippen molar-refractivity contribution in [3.05, 3.63) is 94.8 Å². The summed E-state index contributed by atoms with van der Waals surface area (Å²) in [6.45, 7) is 4.20. The van der Waals surface area contributed by atoms with Gasteiger partial charge in [0, 0.05) is 60.7 Å². The summed E-state index contributed by atoms with van der Waals surface area (Å²) in [5.74, 6) is 0.109. The SMILES string of the molecule is Cc1cc(Nc2ccc(F)cc2)c(C=N)cc1[C@]12CN(S(=O)(=O)N3CCCC3)C[C@H]1[C@@H]2c1ccccc1. The molecule has 3 fully saturated rings. The maximum atomic E-state index is 13.5.